The second-order valence-corrected chi connectivity index (χ2v) is 6.07. The molecule has 1 aromatic carbocycles. The summed E-state index contributed by atoms with van der Waals surface area (Å²) < 4.78 is 12.0. The third-order valence-electron chi connectivity index (χ3n) is 4.35. The van der Waals surface area contributed by atoms with Crippen LogP contribution in [0.3, 0.4) is 0 Å². The molecule has 1 saturated heterocycles. The van der Waals surface area contributed by atoms with Crippen molar-refractivity contribution in [1.82, 2.24) is 24.7 Å². The van der Waals surface area contributed by atoms with Crippen LogP contribution in [-0.4, -0.2) is 69.5 Å². The molecule has 0 radical (unpaired) electrons. The van der Waals surface area contributed by atoms with Crippen molar-refractivity contribution in [2.24, 2.45) is 0 Å². The van der Waals surface area contributed by atoms with Gasteiger partial charge >= 0.3 is 11.8 Å². The lowest BCUT2D eigenvalue weighted by molar-refractivity contribution is -0.144. The van der Waals surface area contributed by atoms with E-state index < -0.39 is 11.8 Å². The molecule has 0 aliphatic carbocycles. The molecule has 2 aromatic rings. The first kappa shape index (κ1) is 16.3. The second-order valence-electron chi connectivity index (χ2n) is 6.07. The van der Waals surface area contributed by atoms with Gasteiger partial charge in [0, 0.05) is 32.7 Å². The normalized spacial score (nSPS) is 16.5. The van der Waals surface area contributed by atoms with Gasteiger partial charge in [0.1, 0.15) is 12.7 Å². The fourth-order valence-electron chi connectivity index (χ4n) is 2.97. The molecule has 136 valence electrons. The topological polar surface area (TPSA) is 102 Å². The molecular formula is C16H18N6O4. The third-order valence-corrected chi connectivity index (χ3v) is 4.35. The smallest absolute Gasteiger partial charge is 0.328 e. The van der Waals surface area contributed by atoms with E-state index in [9.17, 15) is 9.59 Å². The molecule has 0 spiro atoms. The zero-order chi connectivity index (χ0) is 17.9. The summed E-state index contributed by atoms with van der Waals surface area (Å²) in [6, 6.07) is 5.90. The summed E-state index contributed by atoms with van der Waals surface area (Å²) in [5.41, 5.74) is 3.54. The average Bonchev–Trinajstić information content (AvgIpc) is 3.33. The zero-order valence-electron chi connectivity index (χ0n) is 14.0. The Bertz CT molecular complexity index is 801. The fraction of sp³-hybridized carbons (Fsp3) is 0.375. The van der Waals surface area contributed by atoms with Gasteiger partial charge in [-0.1, -0.05) is 6.07 Å². The van der Waals surface area contributed by atoms with E-state index in [2.05, 4.69) is 20.5 Å². The van der Waals surface area contributed by atoms with Crippen molar-refractivity contribution < 1.29 is 19.1 Å². The lowest BCUT2D eigenvalue weighted by Crippen LogP contribution is -2.51. The van der Waals surface area contributed by atoms with Gasteiger partial charge < -0.3 is 14.4 Å². The van der Waals surface area contributed by atoms with E-state index in [0.717, 1.165) is 23.6 Å². The number of nitrogens with zero attached hydrogens (tertiary/aromatic N) is 5. The highest BCUT2D eigenvalue weighted by Gasteiger charge is 2.26. The lowest BCUT2D eigenvalue weighted by Gasteiger charge is -2.34. The third kappa shape index (κ3) is 3.45. The molecule has 1 N–H and O–H groups in total. The van der Waals surface area contributed by atoms with E-state index in [-0.39, 0.29) is 6.79 Å². The highest BCUT2D eigenvalue weighted by molar-refractivity contribution is 6.38. The molecule has 2 amide bonds. The highest BCUT2D eigenvalue weighted by atomic mass is 16.7. The van der Waals surface area contributed by atoms with Gasteiger partial charge in [0.2, 0.25) is 6.79 Å². The van der Waals surface area contributed by atoms with Crippen LogP contribution in [0.25, 0.3) is 0 Å². The SMILES string of the molecule is O=C(Nn1cnnc1)C(=O)N1CCN(Cc2ccc3c(c2)OCO3)CC1. The molecule has 2 aliphatic rings. The molecule has 10 nitrogen and oxygen atoms in total. The van der Waals surface area contributed by atoms with E-state index in [1.807, 2.05) is 18.2 Å². The largest absolute Gasteiger partial charge is 0.454 e. The van der Waals surface area contributed by atoms with Crippen molar-refractivity contribution in [1.29, 1.82) is 0 Å². The summed E-state index contributed by atoms with van der Waals surface area (Å²) in [5, 5.41) is 7.14. The number of carbonyl (C=O) groups excluding carboxylic acids is 2. The molecule has 1 fully saturated rings. The van der Waals surface area contributed by atoms with Crippen LogP contribution in [0.4, 0.5) is 0 Å². The molecule has 0 bridgehead atoms. The van der Waals surface area contributed by atoms with Gasteiger partial charge in [0.05, 0.1) is 0 Å². The Balaban J connectivity index is 1.28. The quantitative estimate of drug-likeness (QED) is 0.733. The number of rotatable bonds is 3. The van der Waals surface area contributed by atoms with E-state index in [4.69, 9.17) is 9.47 Å². The second kappa shape index (κ2) is 7.00. The number of carbonyl (C=O) groups is 2. The van der Waals surface area contributed by atoms with Gasteiger partial charge in [-0.15, -0.1) is 10.2 Å². The van der Waals surface area contributed by atoms with Crippen LogP contribution in [0, 0.1) is 0 Å². The Morgan fingerprint density at radius 2 is 1.77 bits per heavy atom. The maximum Gasteiger partial charge on any atom is 0.328 e. The van der Waals surface area contributed by atoms with Crippen molar-refractivity contribution in [2.45, 2.75) is 6.54 Å². The maximum absolute atomic E-state index is 12.2. The van der Waals surface area contributed by atoms with Crippen molar-refractivity contribution in [2.75, 3.05) is 38.4 Å². The van der Waals surface area contributed by atoms with Crippen LogP contribution >= 0.6 is 0 Å². The molecule has 3 heterocycles. The Morgan fingerprint density at radius 1 is 1.04 bits per heavy atom. The number of hydrogen-bond donors (Lipinski definition) is 1. The summed E-state index contributed by atoms with van der Waals surface area (Å²) in [5.74, 6) is 0.278. The highest BCUT2D eigenvalue weighted by Crippen LogP contribution is 2.32. The fourth-order valence-corrected chi connectivity index (χ4v) is 2.97. The molecule has 2 aliphatic heterocycles. The minimum atomic E-state index is -0.700. The van der Waals surface area contributed by atoms with E-state index in [1.54, 1.807) is 4.90 Å². The molecule has 26 heavy (non-hydrogen) atoms. The first-order chi connectivity index (χ1) is 12.7. The minimum absolute atomic E-state index is 0.261. The van der Waals surface area contributed by atoms with Crippen LogP contribution in [-0.2, 0) is 16.1 Å². The number of amides is 2. The molecule has 10 heteroatoms. The Kier molecular flexibility index (Phi) is 4.40. The number of ether oxygens (including phenoxy) is 2. The van der Waals surface area contributed by atoms with Gasteiger partial charge in [-0.2, -0.15) is 0 Å². The number of benzene rings is 1. The summed E-state index contributed by atoms with van der Waals surface area (Å²) in [6.07, 6.45) is 2.63. The van der Waals surface area contributed by atoms with Gasteiger partial charge in [0.15, 0.2) is 11.5 Å². The number of piperazine rings is 1. The lowest BCUT2D eigenvalue weighted by atomic mass is 10.1. The minimum Gasteiger partial charge on any atom is -0.454 e. The summed E-state index contributed by atoms with van der Waals surface area (Å²) >= 11 is 0. The van der Waals surface area contributed by atoms with Crippen LogP contribution in [0.1, 0.15) is 5.56 Å². The van der Waals surface area contributed by atoms with Crippen molar-refractivity contribution >= 4 is 11.8 Å². The molecular weight excluding hydrogens is 340 g/mol. The number of nitrogens with one attached hydrogen (secondary N) is 1. The van der Waals surface area contributed by atoms with Gasteiger partial charge in [0.25, 0.3) is 0 Å². The van der Waals surface area contributed by atoms with Gasteiger partial charge in [-0.3, -0.25) is 19.9 Å². The number of aromatic nitrogens is 3. The van der Waals surface area contributed by atoms with Gasteiger partial charge in [-0.05, 0) is 17.7 Å². The first-order valence-corrected chi connectivity index (χ1v) is 8.25. The summed E-state index contributed by atoms with van der Waals surface area (Å²) in [6.45, 7) is 3.40. The van der Waals surface area contributed by atoms with Crippen LogP contribution in [0.5, 0.6) is 11.5 Å². The maximum atomic E-state index is 12.2. The van der Waals surface area contributed by atoms with Crippen molar-refractivity contribution in [3.05, 3.63) is 36.4 Å². The van der Waals surface area contributed by atoms with Crippen molar-refractivity contribution in [3.63, 3.8) is 0 Å². The average molecular weight is 358 g/mol. The molecule has 0 atom stereocenters. The summed E-state index contributed by atoms with van der Waals surface area (Å²) in [7, 11) is 0. The van der Waals surface area contributed by atoms with Crippen LogP contribution in [0.2, 0.25) is 0 Å². The number of fused-ring (bicyclic) bond motifs is 1. The predicted octanol–water partition coefficient (Wildman–Crippen LogP) is -0.579. The zero-order valence-corrected chi connectivity index (χ0v) is 14.0. The molecule has 0 unspecified atom stereocenters. The number of hydrogen-bond acceptors (Lipinski definition) is 7. The first-order valence-electron chi connectivity index (χ1n) is 8.25. The Hall–Kier alpha value is -3.14. The van der Waals surface area contributed by atoms with Crippen LogP contribution < -0.4 is 14.9 Å². The van der Waals surface area contributed by atoms with E-state index in [0.29, 0.717) is 26.2 Å². The van der Waals surface area contributed by atoms with E-state index >= 15 is 0 Å². The Morgan fingerprint density at radius 3 is 2.54 bits per heavy atom. The monoisotopic (exact) mass is 358 g/mol. The predicted molar refractivity (Wildman–Crippen MR) is 88.8 cm³/mol. The standard InChI is InChI=1S/C16H18N6O4/c23-15(19-22-9-17-18-10-22)16(24)21-5-3-20(4-6-21)8-12-1-2-13-14(7-12)26-11-25-13/h1-2,7,9-10H,3-6,8,11H2,(H,19,23). The Labute approximate surface area is 149 Å². The van der Waals surface area contributed by atoms with Gasteiger partial charge in [-0.25, -0.2) is 4.68 Å². The molecule has 0 saturated carbocycles. The molecule has 1 aromatic heterocycles. The summed E-state index contributed by atoms with van der Waals surface area (Å²) in [4.78, 5) is 28.0. The van der Waals surface area contributed by atoms with E-state index in [1.165, 1.54) is 17.3 Å². The van der Waals surface area contributed by atoms with Crippen molar-refractivity contribution in [3.8, 4) is 11.5 Å². The van der Waals surface area contributed by atoms with Crippen LogP contribution in [0.15, 0.2) is 30.9 Å². The molecule has 4 rings (SSSR count).